The molecule has 1 aromatic carbocycles. The Balaban J connectivity index is 1.25. The van der Waals surface area contributed by atoms with Gasteiger partial charge in [-0.1, -0.05) is 12.1 Å². The van der Waals surface area contributed by atoms with E-state index in [-0.39, 0.29) is 24.5 Å². The number of carbonyl (C=O) groups is 1. The number of hydrogen-bond donors (Lipinski definition) is 1. The average Bonchev–Trinajstić information content (AvgIpc) is 3.44. The number of amides is 1. The number of rotatable bonds is 5. The molecule has 1 aliphatic carbocycles. The highest BCUT2D eigenvalue weighted by molar-refractivity contribution is 5.94. The van der Waals surface area contributed by atoms with Gasteiger partial charge < -0.3 is 9.73 Å². The smallest absolute Gasteiger partial charge is 0.228 e. The number of carbonyl (C=O) groups excluding carboxylic acids is 1. The third kappa shape index (κ3) is 3.81. The number of anilines is 1. The summed E-state index contributed by atoms with van der Waals surface area (Å²) in [6, 6.07) is 8.43. The Labute approximate surface area is 174 Å². The Morgan fingerprint density at radius 3 is 2.70 bits per heavy atom. The Morgan fingerprint density at radius 2 is 2.00 bits per heavy atom. The zero-order valence-electron chi connectivity index (χ0n) is 17.0. The largest absolute Gasteiger partial charge is 0.441 e. The standard InChI is InChI=1S/C23H25FN4O2/c1-14-25-12-21(30-14)16-2-3-17-11-26-22(9-18(17)8-16)27-23(29)15-4-6-19(7-5-15)28-13-20(28)10-24/h2-3,8-9,11-12,15,19-20H,4-7,10,13H2,1H3,(H,26,27,29). The van der Waals surface area contributed by atoms with E-state index in [0.29, 0.717) is 17.8 Å². The van der Waals surface area contributed by atoms with Crippen molar-refractivity contribution in [3.63, 3.8) is 0 Å². The van der Waals surface area contributed by atoms with Gasteiger partial charge in [-0.15, -0.1) is 0 Å². The summed E-state index contributed by atoms with van der Waals surface area (Å²) in [7, 11) is 0. The molecule has 3 aromatic rings. The predicted octanol–water partition coefficient (Wildman–Crippen LogP) is 4.35. The van der Waals surface area contributed by atoms with Crippen LogP contribution in [-0.4, -0.2) is 46.1 Å². The minimum absolute atomic E-state index is 0.00831. The summed E-state index contributed by atoms with van der Waals surface area (Å²) >= 11 is 0. The molecule has 5 rings (SSSR count). The van der Waals surface area contributed by atoms with Crippen LogP contribution in [0.3, 0.4) is 0 Å². The van der Waals surface area contributed by atoms with Gasteiger partial charge in [-0.2, -0.15) is 0 Å². The first-order valence-corrected chi connectivity index (χ1v) is 10.6. The van der Waals surface area contributed by atoms with Gasteiger partial charge in [-0.3, -0.25) is 9.69 Å². The first kappa shape index (κ1) is 19.2. The van der Waals surface area contributed by atoms with Crippen LogP contribution in [0.25, 0.3) is 22.1 Å². The van der Waals surface area contributed by atoms with Crippen molar-refractivity contribution >= 4 is 22.5 Å². The normalized spacial score (nSPS) is 25.9. The van der Waals surface area contributed by atoms with Crippen molar-refractivity contribution in [3.8, 4) is 11.3 Å². The second-order valence-electron chi connectivity index (χ2n) is 8.37. The minimum atomic E-state index is -0.258. The third-order valence-corrected chi connectivity index (χ3v) is 6.35. The maximum absolute atomic E-state index is 12.8. The van der Waals surface area contributed by atoms with E-state index in [4.69, 9.17) is 4.42 Å². The Kier molecular flexibility index (Phi) is 4.98. The summed E-state index contributed by atoms with van der Waals surface area (Å²) < 4.78 is 18.4. The number of oxazole rings is 1. The number of aryl methyl sites for hydroxylation is 1. The number of alkyl halides is 1. The van der Waals surface area contributed by atoms with Crippen molar-refractivity contribution in [2.24, 2.45) is 5.92 Å². The Hall–Kier alpha value is -2.80. The average molecular weight is 408 g/mol. The lowest BCUT2D eigenvalue weighted by molar-refractivity contribution is -0.121. The van der Waals surface area contributed by atoms with Crippen LogP contribution < -0.4 is 5.32 Å². The maximum atomic E-state index is 12.8. The summed E-state index contributed by atoms with van der Waals surface area (Å²) in [6.07, 6.45) is 7.09. The molecule has 1 aliphatic heterocycles. The second-order valence-corrected chi connectivity index (χ2v) is 8.37. The van der Waals surface area contributed by atoms with E-state index in [2.05, 4.69) is 20.2 Å². The van der Waals surface area contributed by atoms with Crippen LogP contribution >= 0.6 is 0 Å². The van der Waals surface area contributed by atoms with Gasteiger partial charge in [-0.05, 0) is 43.2 Å². The molecule has 30 heavy (non-hydrogen) atoms. The second kappa shape index (κ2) is 7.80. The monoisotopic (exact) mass is 408 g/mol. The molecular formula is C23H25FN4O2. The summed E-state index contributed by atoms with van der Waals surface area (Å²) in [4.78, 5) is 23.5. The lowest BCUT2D eigenvalue weighted by Crippen LogP contribution is -2.32. The van der Waals surface area contributed by atoms with Crippen LogP contribution in [0.5, 0.6) is 0 Å². The van der Waals surface area contributed by atoms with Crippen LogP contribution in [0.2, 0.25) is 0 Å². The molecule has 2 unspecified atom stereocenters. The molecule has 1 N–H and O–H groups in total. The van der Waals surface area contributed by atoms with Crippen LogP contribution in [-0.2, 0) is 4.79 Å². The van der Waals surface area contributed by atoms with E-state index in [1.165, 1.54) is 0 Å². The van der Waals surface area contributed by atoms with E-state index in [9.17, 15) is 9.18 Å². The molecule has 1 saturated heterocycles. The zero-order valence-corrected chi connectivity index (χ0v) is 17.0. The molecule has 0 radical (unpaired) electrons. The van der Waals surface area contributed by atoms with Crippen molar-refractivity contribution in [2.45, 2.75) is 44.7 Å². The molecular weight excluding hydrogens is 383 g/mol. The van der Waals surface area contributed by atoms with Crippen LogP contribution in [0.1, 0.15) is 31.6 Å². The van der Waals surface area contributed by atoms with Gasteiger partial charge in [0.05, 0.1) is 12.2 Å². The highest BCUT2D eigenvalue weighted by Crippen LogP contribution is 2.34. The lowest BCUT2D eigenvalue weighted by atomic mass is 9.85. The zero-order chi connectivity index (χ0) is 20.7. The highest BCUT2D eigenvalue weighted by atomic mass is 19.1. The molecule has 2 atom stereocenters. The molecule has 2 aliphatic rings. The molecule has 6 nitrogen and oxygen atoms in total. The van der Waals surface area contributed by atoms with E-state index in [0.717, 1.165) is 54.3 Å². The van der Waals surface area contributed by atoms with Crippen LogP contribution in [0, 0.1) is 12.8 Å². The number of pyridine rings is 1. The molecule has 7 heteroatoms. The Morgan fingerprint density at radius 1 is 1.17 bits per heavy atom. The molecule has 0 bridgehead atoms. The fraction of sp³-hybridized carbons (Fsp3) is 0.435. The van der Waals surface area contributed by atoms with Crippen molar-refractivity contribution in [1.29, 1.82) is 0 Å². The van der Waals surface area contributed by atoms with Gasteiger partial charge >= 0.3 is 0 Å². The van der Waals surface area contributed by atoms with Gasteiger partial charge in [0.2, 0.25) is 5.91 Å². The number of hydrogen-bond acceptors (Lipinski definition) is 5. The molecule has 1 saturated carbocycles. The van der Waals surface area contributed by atoms with Gasteiger partial charge in [0, 0.05) is 42.6 Å². The molecule has 2 aromatic heterocycles. The number of aromatic nitrogens is 2. The minimum Gasteiger partial charge on any atom is -0.441 e. The van der Waals surface area contributed by atoms with Gasteiger partial charge in [0.25, 0.3) is 0 Å². The first-order valence-electron chi connectivity index (χ1n) is 10.6. The number of nitrogens with zero attached hydrogens (tertiary/aromatic N) is 3. The topological polar surface area (TPSA) is 71.0 Å². The SMILES string of the molecule is Cc1ncc(-c2ccc3cnc(NC(=O)C4CCC(N5CC5CF)CC4)cc3c2)o1. The highest BCUT2D eigenvalue weighted by Gasteiger charge is 2.41. The van der Waals surface area contributed by atoms with E-state index < -0.39 is 0 Å². The molecule has 1 amide bonds. The summed E-state index contributed by atoms with van der Waals surface area (Å²) in [5.74, 6) is 1.92. The molecule has 2 fully saturated rings. The summed E-state index contributed by atoms with van der Waals surface area (Å²) in [5, 5.41) is 4.96. The van der Waals surface area contributed by atoms with Gasteiger partial charge in [0.1, 0.15) is 12.5 Å². The van der Waals surface area contributed by atoms with E-state index in [1.807, 2.05) is 31.2 Å². The van der Waals surface area contributed by atoms with Crippen molar-refractivity contribution in [3.05, 3.63) is 42.5 Å². The fourth-order valence-electron chi connectivity index (χ4n) is 4.54. The molecule has 0 spiro atoms. The lowest BCUT2D eigenvalue weighted by Gasteiger charge is -2.28. The van der Waals surface area contributed by atoms with Crippen LogP contribution in [0.4, 0.5) is 10.2 Å². The first-order chi connectivity index (χ1) is 14.6. The van der Waals surface area contributed by atoms with Crippen molar-refractivity contribution in [2.75, 3.05) is 18.5 Å². The summed E-state index contributed by atoms with van der Waals surface area (Å²) in [6.45, 7) is 2.43. The van der Waals surface area contributed by atoms with Gasteiger partial charge in [-0.25, -0.2) is 14.4 Å². The number of halogens is 1. The van der Waals surface area contributed by atoms with E-state index >= 15 is 0 Å². The molecule has 3 heterocycles. The number of nitrogens with one attached hydrogen (secondary N) is 1. The fourth-order valence-corrected chi connectivity index (χ4v) is 4.54. The van der Waals surface area contributed by atoms with Crippen LogP contribution in [0.15, 0.2) is 41.1 Å². The quantitative estimate of drug-likeness (QED) is 0.636. The van der Waals surface area contributed by atoms with Crippen molar-refractivity contribution < 1.29 is 13.6 Å². The van der Waals surface area contributed by atoms with Crippen molar-refractivity contribution in [1.82, 2.24) is 14.9 Å². The van der Waals surface area contributed by atoms with Gasteiger partial charge in [0.15, 0.2) is 11.7 Å². The number of fused-ring (bicyclic) bond motifs is 1. The molecule has 156 valence electrons. The number of benzene rings is 1. The maximum Gasteiger partial charge on any atom is 0.228 e. The Bertz CT molecular complexity index is 1070. The predicted molar refractivity (Wildman–Crippen MR) is 113 cm³/mol. The third-order valence-electron chi connectivity index (χ3n) is 6.35. The summed E-state index contributed by atoms with van der Waals surface area (Å²) in [5.41, 5.74) is 0.937. The van der Waals surface area contributed by atoms with E-state index in [1.54, 1.807) is 12.4 Å².